The van der Waals surface area contributed by atoms with Gasteiger partial charge in [0.15, 0.2) is 17.2 Å². The third-order valence-electron chi connectivity index (χ3n) is 5.57. The van der Waals surface area contributed by atoms with Crippen LogP contribution in [-0.2, 0) is 11.8 Å². The van der Waals surface area contributed by atoms with E-state index in [0.29, 0.717) is 33.5 Å². The minimum absolute atomic E-state index is 0.104. The van der Waals surface area contributed by atoms with Crippen molar-refractivity contribution in [3.05, 3.63) is 88.0 Å². The van der Waals surface area contributed by atoms with E-state index >= 15 is 0 Å². The summed E-state index contributed by atoms with van der Waals surface area (Å²) >= 11 is 3.41. The van der Waals surface area contributed by atoms with Crippen molar-refractivity contribution in [2.45, 2.75) is 0 Å². The van der Waals surface area contributed by atoms with E-state index in [1.54, 1.807) is 66.2 Å². The van der Waals surface area contributed by atoms with Crippen LogP contribution in [-0.4, -0.2) is 28.3 Å². The Morgan fingerprint density at radius 1 is 1.06 bits per heavy atom. The molecule has 2 heterocycles. The molecule has 9 nitrogen and oxygen atoms in total. The van der Waals surface area contributed by atoms with Crippen LogP contribution in [0.25, 0.3) is 17.0 Å². The van der Waals surface area contributed by atoms with E-state index in [4.69, 9.17) is 9.47 Å². The topological polar surface area (TPSA) is 115 Å². The molecule has 3 aromatic carbocycles. The highest BCUT2D eigenvalue weighted by molar-refractivity contribution is 9.10. The smallest absolute Gasteiger partial charge is 0.311 e. The molecule has 0 spiro atoms. The highest BCUT2D eigenvalue weighted by Crippen LogP contribution is 2.39. The van der Waals surface area contributed by atoms with Crippen LogP contribution in [0.15, 0.2) is 87.1 Å². The predicted molar refractivity (Wildman–Crippen MR) is 136 cm³/mol. The van der Waals surface area contributed by atoms with Gasteiger partial charge >= 0.3 is 5.91 Å². The number of halogens is 1. The Labute approximate surface area is 213 Å². The molecule has 2 amide bonds. The molecule has 5 rings (SSSR count). The number of aromatic hydroxyl groups is 1. The number of aromatic nitrogens is 1. The molecule has 0 aliphatic carbocycles. The number of hydrogen-bond acceptors (Lipinski definition) is 6. The molecule has 180 valence electrons. The minimum atomic E-state index is -0.802. The number of azo groups is 1. The van der Waals surface area contributed by atoms with Gasteiger partial charge in [0.25, 0.3) is 5.91 Å². The molecule has 1 aliphatic heterocycles. The lowest BCUT2D eigenvalue weighted by Crippen LogP contribution is -2.26. The van der Waals surface area contributed by atoms with Crippen LogP contribution in [0.3, 0.4) is 0 Å². The van der Waals surface area contributed by atoms with Gasteiger partial charge < -0.3 is 24.5 Å². The first-order chi connectivity index (χ1) is 17.4. The van der Waals surface area contributed by atoms with Crippen molar-refractivity contribution in [2.24, 2.45) is 17.3 Å². The first-order valence-electron chi connectivity index (χ1n) is 10.8. The van der Waals surface area contributed by atoms with Gasteiger partial charge in [0.2, 0.25) is 12.7 Å². The van der Waals surface area contributed by atoms with Crippen molar-refractivity contribution in [1.29, 1.82) is 0 Å². The molecule has 0 bridgehead atoms. The van der Waals surface area contributed by atoms with E-state index in [1.165, 1.54) is 6.08 Å². The second-order valence-electron chi connectivity index (χ2n) is 7.89. The normalized spacial score (nSPS) is 12.9. The van der Waals surface area contributed by atoms with Gasteiger partial charge in [-0.05, 0) is 54.1 Å². The number of nitrogens with zero attached hydrogens (tertiary/aromatic N) is 3. The van der Waals surface area contributed by atoms with Gasteiger partial charge in [0.1, 0.15) is 5.70 Å². The number of carbonyl (C=O) groups excluding carboxylic acids is 2. The maximum absolute atomic E-state index is 13.1. The predicted octanol–water partition coefficient (Wildman–Crippen LogP) is 5.46. The molecular formula is C26H19BrN4O5. The summed E-state index contributed by atoms with van der Waals surface area (Å²) in [4.78, 5) is 26.0. The quantitative estimate of drug-likeness (QED) is 0.255. The monoisotopic (exact) mass is 546 g/mol. The number of amides is 2. The highest BCUT2D eigenvalue weighted by atomic mass is 79.9. The molecule has 1 aliphatic rings. The summed E-state index contributed by atoms with van der Waals surface area (Å²) in [7, 11) is 1.68. The lowest BCUT2D eigenvalue weighted by atomic mass is 10.1. The molecule has 10 heteroatoms. The summed E-state index contributed by atoms with van der Waals surface area (Å²) in [5, 5.41) is 21.7. The number of fused-ring (bicyclic) bond motifs is 2. The number of carbonyl (C=O) groups is 2. The Hall–Kier alpha value is -4.44. The van der Waals surface area contributed by atoms with Crippen LogP contribution >= 0.6 is 15.9 Å². The molecule has 2 N–H and O–H groups in total. The molecule has 0 unspecified atom stereocenters. The first-order valence-corrected chi connectivity index (χ1v) is 11.6. The molecule has 0 saturated carbocycles. The molecule has 0 fully saturated rings. The van der Waals surface area contributed by atoms with Crippen molar-refractivity contribution in [3.63, 3.8) is 0 Å². The van der Waals surface area contributed by atoms with E-state index in [1.807, 2.05) is 12.1 Å². The molecule has 4 aromatic rings. The number of hydrogen-bond donors (Lipinski definition) is 2. The second kappa shape index (κ2) is 9.67. The summed E-state index contributed by atoms with van der Waals surface area (Å²) in [6.45, 7) is 0.109. The summed E-state index contributed by atoms with van der Waals surface area (Å²) in [6, 6.07) is 19.0. The Bertz CT molecular complexity index is 1560. The van der Waals surface area contributed by atoms with Crippen LogP contribution in [0.5, 0.6) is 17.4 Å². The fourth-order valence-electron chi connectivity index (χ4n) is 3.74. The Balaban J connectivity index is 1.50. The molecule has 0 saturated heterocycles. The van der Waals surface area contributed by atoms with Gasteiger partial charge in [-0.3, -0.25) is 9.59 Å². The zero-order chi connectivity index (χ0) is 25.2. The van der Waals surface area contributed by atoms with Gasteiger partial charge in [-0.15, -0.1) is 10.2 Å². The number of ether oxygens (including phenoxy) is 2. The fourth-order valence-corrected chi connectivity index (χ4v) is 4.10. The highest BCUT2D eigenvalue weighted by Gasteiger charge is 2.19. The van der Waals surface area contributed by atoms with Crippen LogP contribution in [0.2, 0.25) is 0 Å². The lowest BCUT2D eigenvalue weighted by molar-refractivity contribution is -0.115. The third kappa shape index (κ3) is 4.58. The SMILES string of the molecule is Cn1c(O)c(N=NC(=O)/C(=C\c2ccc3c(c2)OCO3)NC(=O)c2ccccc2)c2cc(Br)ccc21. The second-order valence-corrected chi connectivity index (χ2v) is 8.80. The Morgan fingerprint density at radius 2 is 1.83 bits per heavy atom. The van der Waals surface area contributed by atoms with Crippen LogP contribution in [0.4, 0.5) is 5.69 Å². The third-order valence-corrected chi connectivity index (χ3v) is 6.06. The average Bonchev–Trinajstić information content (AvgIpc) is 3.44. The Kier molecular flexibility index (Phi) is 6.26. The standard InChI is InChI=1S/C26H19BrN4O5/c1-31-20-9-8-17(27)13-18(20)23(26(31)34)29-30-25(33)19(28-24(32)16-5-3-2-4-6-16)11-15-7-10-21-22(12-15)36-14-35-21/h2-13,34H,14H2,1H3,(H,28,32)/b19-11+,30-29?. The first kappa shape index (κ1) is 23.3. The van der Waals surface area contributed by atoms with Crippen LogP contribution in [0, 0.1) is 0 Å². The number of aryl methyl sites for hydroxylation is 1. The number of rotatable bonds is 5. The summed E-state index contributed by atoms with van der Waals surface area (Å²) < 4.78 is 13.1. The zero-order valence-electron chi connectivity index (χ0n) is 18.9. The molecule has 36 heavy (non-hydrogen) atoms. The van der Waals surface area contributed by atoms with E-state index in [2.05, 4.69) is 31.5 Å². The number of nitrogens with one attached hydrogen (secondary N) is 1. The van der Waals surface area contributed by atoms with Crippen LogP contribution in [0.1, 0.15) is 15.9 Å². The maximum Gasteiger partial charge on any atom is 0.311 e. The number of benzene rings is 3. The largest absolute Gasteiger partial charge is 0.493 e. The lowest BCUT2D eigenvalue weighted by Gasteiger charge is -2.07. The zero-order valence-corrected chi connectivity index (χ0v) is 20.5. The van der Waals surface area contributed by atoms with Crippen molar-refractivity contribution in [1.82, 2.24) is 9.88 Å². The molecular weight excluding hydrogens is 528 g/mol. The van der Waals surface area contributed by atoms with Gasteiger partial charge in [-0.25, -0.2) is 0 Å². The van der Waals surface area contributed by atoms with Crippen molar-refractivity contribution < 1.29 is 24.2 Å². The minimum Gasteiger partial charge on any atom is -0.493 e. The summed E-state index contributed by atoms with van der Waals surface area (Å²) in [6.07, 6.45) is 1.48. The van der Waals surface area contributed by atoms with Gasteiger partial charge in [0, 0.05) is 22.5 Å². The van der Waals surface area contributed by atoms with Crippen molar-refractivity contribution in [2.75, 3.05) is 6.79 Å². The molecule has 0 atom stereocenters. The van der Waals surface area contributed by atoms with E-state index in [-0.39, 0.29) is 24.1 Å². The van der Waals surface area contributed by atoms with Crippen molar-refractivity contribution in [3.8, 4) is 17.4 Å². The Morgan fingerprint density at radius 3 is 2.64 bits per heavy atom. The molecule has 1 aromatic heterocycles. The van der Waals surface area contributed by atoms with Crippen molar-refractivity contribution >= 4 is 50.4 Å². The van der Waals surface area contributed by atoms with Gasteiger partial charge in [0.05, 0.1) is 5.52 Å². The van der Waals surface area contributed by atoms with Crippen LogP contribution < -0.4 is 14.8 Å². The summed E-state index contributed by atoms with van der Waals surface area (Å²) in [5.74, 6) is -0.316. The van der Waals surface area contributed by atoms with E-state index in [0.717, 1.165) is 4.47 Å². The van der Waals surface area contributed by atoms with E-state index < -0.39 is 11.8 Å². The average molecular weight is 547 g/mol. The summed E-state index contributed by atoms with van der Waals surface area (Å²) in [5.41, 5.74) is 1.70. The molecule has 0 radical (unpaired) electrons. The van der Waals surface area contributed by atoms with Gasteiger partial charge in [-0.1, -0.05) is 40.2 Å². The maximum atomic E-state index is 13.1. The van der Waals surface area contributed by atoms with E-state index in [9.17, 15) is 14.7 Å². The fraction of sp³-hybridized carbons (Fsp3) is 0.0769. The van der Waals surface area contributed by atoms with Gasteiger partial charge in [-0.2, -0.15) is 0 Å².